The van der Waals surface area contributed by atoms with E-state index < -0.39 is 5.97 Å². The van der Waals surface area contributed by atoms with Crippen LogP contribution in [0.3, 0.4) is 0 Å². The zero-order chi connectivity index (χ0) is 14.8. The van der Waals surface area contributed by atoms with Crippen molar-refractivity contribution < 1.29 is 9.90 Å². The third-order valence-corrected chi connectivity index (χ3v) is 4.64. The molecule has 0 radical (unpaired) electrons. The minimum absolute atomic E-state index is 0.284. The van der Waals surface area contributed by atoms with Crippen molar-refractivity contribution in [3.05, 3.63) is 34.8 Å². The molecule has 1 aliphatic heterocycles. The van der Waals surface area contributed by atoms with Crippen LogP contribution in [0.4, 0.5) is 16.5 Å². The van der Waals surface area contributed by atoms with E-state index in [0.717, 1.165) is 30.1 Å². The van der Waals surface area contributed by atoms with Crippen molar-refractivity contribution in [2.24, 2.45) is 0 Å². The maximum atomic E-state index is 11.0. The average Bonchev–Trinajstić information content (AvgIpc) is 3.09. The van der Waals surface area contributed by atoms with Crippen LogP contribution in [0, 0.1) is 6.92 Å². The number of aromatic carboxylic acids is 1. The molecule has 110 valence electrons. The number of hydrogen-bond donors (Lipinski definition) is 2. The Balaban J connectivity index is 1.73. The largest absolute Gasteiger partial charge is 0.477 e. The van der Waals surface area contributed by atoms with Gasteiger partial charge < -0.3 is 15.3 Å². The van der Waals surface area contributed by atoms with E-state index in [-0.39, 0.29) is 4.88 Å². The lowest BCUT2D eigenvalue weighted by atomic mass is 10.2. The molecule has 0 saturated carbocycles. The van der Waals surface area contributed by atoms with Crippen LogP contribution < -0.4 is 10.2 Å². The number of anilines is 3. The van der Waals surface area contributed by atoms with E-state index >= 15 is 0 Å². The summed E-state index contributed by atoms with van der Waals surface area (Å²) < 4.78 is 0. The van der Waals surface area contributed by atoms with Gasteiger partial charge in [-0.1, -0.05) is 11.3 Å². The van der Waals surface area contributed by atoms with Gasteiger partial charge >= 0.3 is 5.97 Å². The fourth-order valence-electron chi connectivity index (χ4n) is 2.50. The molecule has 1 aromatic heterocycles. The minimum Gasteiger partial charge on any atom is -0.477 e. The van der Waals surface area contributed by atoms with E-state index in [4.69, 9.17) is 5.11 Å². The molecule has 0 spiro atoms. The van der Waals surface area contributed by atoms with Crippen LogP contribution in [-0.4, -0.2) is 29.1 Å². The predicted octanol–water partition coefficient (Wildman–Crippen LogP) is 3.49. The summed E-state index contributed by atoms with van der Waals surface area (Å²) in [5.41, 5.74) is 2.70. The molecule has 0 unspecified atom stereocenters. The molecule has 5 nitrogen and oxygen atoms in total. The van der Waals surface area contributed by atoms with Gasteiger partial charge in [0.25, 0.3) is 0 Å². The molecule has 0 atom stereocenters. The van der Waals surface area contributed by atoms with Gasteiger partial charge in [-0.05, 0) is 44.0 Å². The normalized spacial score (nSPS) is 14.4. The highest BCUT2D eigenvalue weighted by molar-refractivity contribution is 7.17. The Kier molecular flexibility index (Phi) is 3.79. The van der Waals surface area contributed by atoms with Gasteiger partial charge in [-0.15, -0.1) is 0 Å². The van der Waals surface area contributed by atoms with Crippen LogP contribution in [-0.2, 0) is 0 Å². The molecule has 2 aromatic rings. The molecule has 0 bridgehead atoms. The number of benzene rings is 1. The van der Waals surface area contributed by atoms with Crippen molar-refractivity contribution >= 4 is 33.8 Å². The SMILES string of the molecule is Cc1nc(Nc2ccc(N3CCCC3)cc2)sc1C(=O)O. The number of nitrogens with one attached hydrogen (secondary N) is 1. The van der Waals surface area contributed by atoms with E-state index in [0.29, 0.717) is 10.8 Å². The number of carboxylic acids is 1. The molecule has 21 heavy (non-hydrogen) atoms. The second-order valence-corrected chi connectivity index (χ2v) is 6.10. The molecule has 6 heteroatoms. The smallest absolute Gasteiger partial charge is 0.347 e. The Bertz CT molecular complexity index is 645. The van der Waals surface area contributed by atoms with Crippen LogP contribution in [0.25, 0.3) is 0 Å². The van der Waals surface area contributed by atoms with Crippen LogP contribution in [0.5, 0.6) is 0 Å². The molecule has 0 aliphatic carbocycles. The highest BCUT2D eigenvalue weighted by Gasteiger charge is 2.14. The van der Waals surface area contributed by atoms with E-state index in [2.05, 4.69) is 27.3 Å². The lowest BCUT2D eigenvalue weighted by Gasteiger charge is -2.17. The summed E-state index contributed by atoms with van der Waals surface area (Å²) in [5, 5.41) is 12.8. The lowest BCUT2D eigenvalue weighted by Crippen LogP contribution is -2.17. The maximum Gasteiger partial charge on any atom is 0.347 e. The summed E-state index contributed by atoms with van der Waals surface area (Å²) in [6.45, 7) is 3.96. The molecular formula is C15H17N3O2S. The molecular weight excluding hydrogens is 286 g/mol. The van der Waals surface area contributed by atoms with Crippen LogP contribution in [0.2, 0.25) is 0 Å². The van der Waals surface area contributed by atoms with Gasteiger partial charge in [-0.25, -0.2) is 9.78 Å². The fourth-order valence-corrected chi connectivity index (χ4v) is 3.33. The molecule has 1 fully saturated rings. The Hall–Kier alpha value is -2.08. The van der Waals surface area contributed by atoms with Gasteiger partial charge in [-0.3, -0.25) is 0 Å². The van der Waals surface area contributed by atoms with Gasteiger partial charge in [0.15, 0.2) is 5.13 Å². The van der Waals surface area contributed by atoms with Gasteiger partial charge in [0, 0.05) is 24.5 Å². The maximum absolute atomic E-state index is 11.0. The van der Waals surface area contributed by atoms with Crippen molar-refractivity contribution in [3.8, 4) is 0 Å². The van der Waals surface area contributed by atoms with Crippen molar-refractivity contribution in [2.45, 2.75) is 19.8 Å². The molecule has 1 saturated heterocycles. The molecule has 2 heterocycles. The summed E-state index contributed by atoms with van der Waals surface area (Å²) in [6.07, 6.45) is 2.52. The van der Waals surface area contributed by atoms with Crippen LogP contribution in [0.1, 0.15) is 28.2 Å². The second-order valence-electron chi connectivity index (χ2n) is 5.10. The second kappa shape index (κ2) is 5.73. The third kappa shape index (κ3) is 3.00. The van der Waals surface area contributed by atoms with E-state index in [1.165, 1.54) is 18.5 Å². The van der Waals surface area contributed by atoms with E-state index in [1.54, 1.807) is 6.92 Å². The highest BCUT2D eigenvalue weighted by atomic mass is 32.1. The molecule has 1 aromatic carbocycles. The summed E-state index contributed by atoms with van der Waals surface area (Å²) in [5.74, 6) is -0.928. The van der Waals surface area contributed by atoms with Crippen LogP contribution in [0.15, 0.2) is 24.3 Å². The topological polar surface area (TPSA) is 65.5 Å². The number of carbonyl (C=O) groups is 1. The van der Waals surface area contributed by atoms with Crippen molar-refractivity contribution in [1.82, 2.24) is 4.98 Å². The van der Waals surface area contributed by atoms with E-state index in [1.807, 2.05) is 12.1 Å². The number of aryl methyl sites for hydroxylation is 1. The highest BCUT2D eigenvalue weighted by Crippen LogP contribution is 2.27. The Morgan fingerprint density at radius 1 is 1.29 bits per heavy atom. The number of carboxylic acid groups (broad SMARTS) is 1. The summed E-state index contributed by atoms with van der Waals surface area (Å²) in [4.78, 5) is 17.9. The van der Waals surface area contributed by atoms with Crippen molar-refractivity contribution in [2.75, 3.05) is 23.3 Å². The summed E-state index contributed by atoms with van der Waals surface area (Å²) in [7, 11) is 0. The number of hydrogen-bond acceptors (Lipinski definition) is 5. The first-order valence-corrected chi connectivity index (χ1v) is 7.78. The lowest BCUT2D eigenvalue weighted by molar-refractivity contribution is 0.0701. The molecule has 0 amide bonds. The van der Waals surface area contributed by atoms with Gasteiger partial charge in [-0.2, -0.15) is 0 Å². The first-order valence-electron chi connectivity index (χ1n) is 6.96. The van der Waals surface area contributed by atoms with Gasteiger partial charge in [0.2, 0.25) is 0 Å². The third-order valence-electron chi connectivity index (χ3n) is 3.58. The van der Waals surface area contributed by atoms with Crippen LogP contribution >= 0.6 is 11.3 Å². The first kappa shape index (κ1) is 13.9. The van der Waals surface area contributed by atoms with Gasteiger partial charge in [0.05, 0.1) is 5.69 Å². The van der Waals surface area contributed by atoms with Gasteiger partial charge in [0.1, 0.15) is 4.88 Å². The number of rotatable bonds is 4. The number of nitrogens with zero attached hydrogens (tertiary/aromatic N) is 2. The zero-order valence-electron chi connectivity index (χ0n) is 11.8. The Morgan fingerprint density at radius 2 is 1.95 bits per heavy atom. The minimum atomic E-state index is -0.928. The quantitative estimate of drug-likeness (QED) is 0.905. The van der Waals surface area contributed by atoms with Crippen molar-refractivity contribution in [1.29, 1.82) is 0 Å². The number of thiazole rings is 1. The predicted molar refractivity (Wildman–Crippen MR) is 85.0 cm³/mol. The molecule has 3 rings (SSSR count). The van der Waals surface area contributed by atoms with E-state index in [9.17, 15) is 4.79 Å². The fraction of sp³-hybridized carbons (Fsp3) is 0.333. The Morgan fingerprint density at radius 3 is 2.52 bits per heavy atom. The Labute approximate surface area is 127 Å². The number of aromatic nitrogens is 1. The summed E-state index contributed by atoms with van der Waals surface area (Å²) >= 11 is 1.16. The zero-order valence-corrected chi connectivity index (χ0v) is 12.6. The monoisotopic (exact) mass is 303 g/mol. The van der Waals surface area contributed by atoms with Crippen molar-refractivity contribution in [3.63, 3.8) is 0 Å². The summed E-state index contributed by atoms with van der Waals surface area (Å²) in [6, 6.07) is 8.19. The average molecular weight is 303 g/mol. The molecule has 1 aliphatic rings. The molecule has 2 N–H and O–H groups in total. The standard InChI is InChI=1S/C15H17N3O2S/c1-10-13(14(19)20)21-15(16-10)17-11-4-6-12(7-5-11)18-8-2-3-9-18/h4-7H,2-3,8-9H2,1H3,(H,16,17)(H,19,20). The first-order chi connectivity index (χ1) is 10.1.